The van der Waals surface area contributed by atoms with E-state index in [9.17, 15) is 0 Å². The molecule has 0 aliphatic heterocycles. The second-order valence-electron chi connectivity index (χ2n) is 4.52. The van der Waals surface area contributed by atoms with Gasteiger partial charge in [-0.2, -0.15) is 20.1 Å². The molecular formula is C13H13ClN6O. The molecule has 0 aliphatic carbocycles. The van der Waals surface area contributed by atoms with Gasteiger partial charge in [-0.05, 0) is 36.7 Å². The van der Waals surface area contributed by atoms with Crippen LogP contribution in [0.25, 0.3) is 5.95 Å². The van der Waals surface area contributed by atoms with Crippen LogP contribution in [0.2, 0.25) is 5.28 Å². The summed E-state index contributed by atoms with van der Waals surface area (Å²) in [5.41, 5.74) is 0. The van der Waals surface area contributed by atoms with E-state index in [1.54, 1.807) is 18.5 Å². The van der Waals surface area contributed by atoms with E-state index in [1.165, 1.54) is 4.68 Å². The van der Waals surface area contributed by atoms with E-state index in [0.29, 0.717) is 18.4 Å². The summed E-state index contributed by atoms with van der Waals surface area (Å²) in [6.07, 6.45) is 3.39. The molecular weight excluding hydrogens is 292 g/mol. The lowest BCUT2D eigenvalue weighted by atomic mass is 10.4. The van der Waals surface area contributed by atoms with Crippen LogP contribution >= 0.6 is 11.6 Å². The third-order valence-corrected chi connectivity index (χ3v) is 2.99. The monoisotopic (exact) mass is 304 g/mol. The van der Waals surface area contributed by atoms with Gasteiger partial charge in [-0.3, -0.25) is 0 Å². The first-order valence-electron chi connectivity index (χ1n) is 6.30. The molecule has 0 amide bonds. The minimum atomic E-state index is 0.118. The summed E-state index contributed by atoms with van der Waals surface area (Å²) in [6, 6.07) is 5.62. The summed E-state index contributed by atoms with van der Waals surface area (Å²) in [4.78, 5) is 14.4. The first-order chi connectivity index (χ1) is 10.1. The van der Waals surface area contributed by atoms with Crippen molar-refractivity contribution in [2.75, 3.05) is 11.9 Å². The zero-order valence-corrected chi connectivity index (χ0v) is 12.3. The number of anilines is 1. The summed E-state index contributed by atoms with van der Waals surface area (Å²) >= 11 is 5.96. The number of rotatable bonds is 4. The quantitative estimate of drug-likeness (QED) is 0.736. The highest BCUT2D eigenvalue weighted by Gasteiger charge is 2.12. The lowest BCUT2D eigenvalue weighted by Gasteiger charge is -2.16. The van der Waals surface area contributed by atoms with Crippen LogP contribution in [0.3, 0.4) is 0 Å². The molecule has 0 aromatic carbocycles. The molecule has 0 aliphatic rings. The first-order valence-corrected chi connectivity index (χ1v) is 6.67. The highest BCUT2D eigenvalue weighted by atomic mass is 35.5. The van der Waals surface area contributed by atoms with Crippen molar-refractivity contribution < 1.29 is 4.42 Å². The lowest BCUT2D eigenvalue weighted by Crippen LogP contribution is -2.20. The fourth-order valence-electron chi connectivity index (χ4n) is 1.86. The molecule has 21 heavy (non-hydrogen) atoms. The Balaban J connectivity index is 1.87. The van der Waals surface area contributed by atoms with Crippen molar-refractivity contribution in [1.29, 1.82) is 0 Å². The van der Waals surface area contributed by atoms with Crippen molar-refractivity contribution in [2.45, 2.75) is 13.5 Å². The molecule has 8 heteroatoms. The topological polar surface area (TPSA) is 72.9 Å². The van der Waals surface area contributed by atoms with Gasteiger partial charge in [0.05, 0.1) is 6.54 Å². The van der Waals surface area contributed by atoms with Gasteiger partial charge in [0.2, 0.25) is 11.2 Å². The molecule has 0 fully saturated rings. The molecule has 7 nitrogen and oxygen atoms in total. The maximum Gasteiger partial charge on any atom is 0.256 e. The molecule has 0 spiro atoms. The van der Waals surface area contributed by atoms with E-state index in [2.05, 4.69) is 20.1 Å². The highest BCUT2D eigenvalue weighted by Crippen LogP contribution is 2.15. The number of furan rings is 1. The van der Waals surface area contributed by atoms with Gasteiger partial charge in [0.25, 0.3) is 5.95 Å². The van der Waals surface area contributed by atoms with Crippen molar-refractivity contribution in [1.82, 2.24) is 24.7 Å². The van der Waals surface area contributed by atoms with Crippen LogP contribution in [0.4, 0.5) is 5.95 Å². The second-order valence-corrected chi connectivity index (χ2v) is 4.86. The summed E-state index contributed by atoms with van der Waals surface area (Å²) in [7, 11) is 1.86. The molecule has 0 unspecified atom stereocenters. The summed E-state index contributed by atoms with van der Waals surface area (Å²) < 4.78 is 7.07. The van der Waals surface area contributed by atoms with Crippen LogP contribution in [-0.2, 0) is 6.54 Å². The molecule has 3 heterocycles. The SMILES string of the molecule is Cc1ccc(CN(C)c2nc(Cl)nc(-n3cccn3)n2)o1. The van der Waals surface area contributed by atoms with Crippen LogP contribution < -0.4 is 4.90 Å². The maximum absolute atomic E-state index is 5.96. The lowest BCUT2D eigenvalue weighted by molar-refractivity contribution is 0.480. The standard InChI is InChI=1S/C13H13ClN6O/c1-9-4-5-10(21-9)8-19(2)12-16-11(14)17-13(18-12)20-7-3-6-15-20/h3-7H,8H2,1-2H3. The van der Waals surface area contributed by atoms with Gasteiger partial charge in [-0.15, -0.1) is 0 Å². The largest absolute Gasteiger partial charge is 0.464 e. The van der Waals surface area contributed by atoms with Gasteiger partial charge in [-0.1, -0.05) is 0 Å². The first kappa shape index (κ1) is 13.6. The zero-order valence-electron chi connectivity index (χ0n) is 11.6. The second kappa shape index (κ2) is 5.53. The van der Waals surface area contributed by atoms with E-state index in [1.807, 2.05) is 31.0 Å². The Labute approximate surface area is 126 Å². The Kier molecular flexibility index (Phi) is 3.57. The van der Waals surface area contributed by atoms with Crippen molar-refractivity contribution in [3.8, 4) is 5.95 Å². The molecule has 0 bridgehead atoms. The molecule has 3 aromatic heterocycles. The van der Waals surface area contributed by atoms with Crippen molar-refractivity contribution in [3.63, 3.8) is 0 Å². The van der Waals surface area contributed by atoms with Crippen LogP contribution in [0.15, 0.2) is 35.0 Å². The molecule has 0 saturated carbocycles. The number of halogens is 1. The number of hydrogen-bond donors (Lipinski definition) is 0. The van der Waals surface area contributed by atoms with E-state index in [0.717, 1.165) is 11.5 Å². The van der Waals surface area contributed by atoms with E-state index < -0.39 is 0 Å². The Morgan fingerprint density at radius 3 is 2.81 bits per heavy atom. The maximum atomic E-state index is 5.96. The van der Waals surface area contributed by atoms with Gasteiger partial charge in [-0.25, -0.2) is 4.68 Å². The van der Waals surface area contributed by atoms with E-state index in [4.69, 9.17) is 16.0 Å². The van der Waals surface area contributed by atoms with E-state index >= 15 is 0 Å². The predicted octanol–water partition coefficient (Wildman–Crippen LogP) is 2.25. The smallest absolute Gasteiger partial charge is 0.256 e. The van der Waals surface area contributed by atoms with Crippen LogP contribution in [-0.4, -0.2) is 31.8 Å². The fraction of sp³-hybridized carbons (Fsp3) is 0.231. The molecule has 0 saturated heterocycles. The summed E-state index contributed by atoms with van der Waals surface area (Å²) in [5.74, 6) is 2.52. The van der Waals surface area contributed by atoms with Gasteiger partial charge in [0.1, 0.15) is 11.5 Å². The minimum absolute atomic E-state index is 0.118. The summed E-state index contributed by atoms with van der Waals surface area (Å²) in [5, 5.41) is 4.20. The van der Waals surface area contributed by atoms with Crippen molar-refractivity contribution >= 4 is 17.5 Å². The van der Waals surface area contributed by atoms with E-state index in [-0.39, 0.29) is 5.28 Å². The van der Waals surface area contributed by atoms with Gasteiger partial charge in [0.15, 0.2) is 0 Å². The zero-order chi connectivity index (χ0) is 14.8. The van der Waals surface area contributed by atoms with Crippen molar-refractivity contribution in [3.05, 3.63) is 47.4 Å². The minimum Gasteiger partial charge on any atom is -0.464 e. The molecule has 0 atom stereocenters. The molecule has 3 rings (SSSR count). The third kappa shape index (κ3) is 3.03. The third-order valence-electron chi connectivity index (χ3n) is 2.82. The average Bonchev–Trinajstić information content (AvgIpc) is 3.10. The number of nitrogens with zero attached hydrogens (tertiary/aromatic N) is 6. The Morgan fingerprint density at radius 2 is 2.14 bits per heavy atom. The molecule has 3 aromatic rings. The highest BCUT2D eigenvalue weighted by molar-refractivity contribution is 6.28. The van der Waals surface area contributed by atoms with Crippen LogP contribution in [0, 0.1) is 6.92 Å². The van der Waals surface area contributed by atoms with Crippen LogP contribution in [0.1, 0.15) is 11.5 Å². The molecule has 0 N–H and O–H groups in total. The predicted molar refractivity (Wildman–Crippen MR) is 77.5 cm³/mol. The number of hydrogen-bond acceptors (Lipinski definition) is 6. The van der Waals surface area contributed by atoms with Crippen LogP contribution in [0.5, 0.6) is 0 Å². The van der Waals surface area contributed by atoms with Gasteiger partial charge < -0.3 is 9.32 Å². The number of aromatic nitrogens is 5. The van der Waals surface area contributed by atoms with Crippen molar-refractivity contribution in [2.24, 2.45) is 0 Å². The molecule has 108 valence electrons. The normalized spacial score (nSPS) is 10.8. The Bertz CT molecular complexity index is 739. The van der Waals surface area contributed by atoms with Gasteiger partial charge >= 0.3 is 0 Å². The van der Waals surface area contributed by atoms with Gasteiger partial charge in [0, 0.05) is 19.4 Å². The Morgan fingerprint density at radius 1 is 1.29 bits per heavy atom. The average molecular weight is 305 g/mol. The number of aryl methyl sites for hydroxylation is 1. The Hall–Kier alpha value is -2.41. The fourth-order valence-corrected chi connectivity index (χ4v) is 2.02. The molecule has 0 radical (unpaired) electrons. The summed E-state index contributed by atoms with van der Waals surface area (Å²) in [6.45, 7) is 2.44.